The number of hydrogen-bond donors (Lipinski definition) is 1. The molecule has 0 radical (unpaired) electrons. The van der Waals surface area contributed by atoms with Gasteiger partial charge in [0, 0.05) is 44.1 Å². The van der Waals surface area contributed by atoms with Crippen LogP contribution in [0.2, 0.25) is 0 Å². The van der Waals surface area contributed by atoms with Gasteiger partial charge < -0.3 is 15.0 Å². The molecule has 1 saturated carbocycles. The molecule has 0 unspecified atom stereocenters. The number of rotatable bonds is 3. The van der Waals surface area contributed by atoms with E-state index in [1.807, 2.05) is 0 Å². The molecule has 6 heteroatoms. The highest BCUT2D eigenvalue weighted by Gasteiger charge is 2.53. The predicted octanol–water partition coefficient (Wildman–Crippen LogP) is 0.0908. The molecule has 1 N–H and O–H groups in total. The van der Waals surface area contributed by atoms with Crippen LogP contribution in [0.1, 0.15) is 18.4 Å². The summed E-state index contributed by atoms with van der Waals surface area (Å²) in [6.45, 7) is 3.75. The minimum atomic E-state index is -0.475. The molecule has 1 aromatic rings. The molecule has 0 amide bonds. The Morgan fingerprint density at radius 3 is 2.47 bits per heavy atom. The minimum absolute atomic E-state index is 0.175. The first kappa shape index (κ1) is 12.3. The van der Waals surface area contributed by atoms with E-state index in [0.717, 1.165) is 50.5 Å². The van der Waals surface area contributed by atoms with Gasteiger partial charge >= 0.3 is 5.97 Å². The average Bonchev–Trinajstić information content (AvgIpc) is 3.29. The third-order valence-electron chi connectivity index (χ3n) is 3.92. The van der Waals surface area contributed by atoms with Gasteiger partial charge in [0.25, 0.3) is 0 Å². The van der Waals surface area contributed by atoms with Crippen LogP contribution < -0.4 is 10.2 Å². The first-order chi connectivity index (χ1) is 9.26. The number of nitrogens with zero attached hydrogens (tertiary/aromatic N) is 3. The zero-order valence-electron chi connectivity index (χ0n) is 11.1. The molecule has 1 aliphatic carbocycles. The standard InChI is InChI=1S/C13H18N4O2/c1-19-11(18)13(2-3-13)10-8-15-12(16-9-10)17-6-4-14-5-7-17/h8-9,14H,2-7H2,1H3. The molecule has 0 spiro atoms. The third kappa shape index (κ3) is 2.16. The third-order valence-corrected chi connectivity index (χ3v) is 3.92. The fourth-order valence-corrected chi connectivity index (χ4v) is 2.53. The van der Waals surface area contributed by atoms with Crippen molar-refractivity contribution in [2.75, 3.05) is 38.2 Å². The normalized spacial score (nSPS) is 21.0. The summed E-state index contributed by atoms with van der Waals surface area (Å²) in [6.07, 6.45) is 5.20. The van der Waals surface area contributed by atoms with E-state index < -0.39 is 5.41 Å². The Hall–Kier alpha value is -1.69. The predicted molar refractivity (Wildman–Crippen MR) is 70.0 cm³/mol. The molecule has 2 heterocycles. The van der Waals surface area contributed by atoms with Crippen molar-refractivity contribution in [3.8, 4) is 0 Å². The number of methoxy groups -OCH3 is 1. The fourth-order valence-electron chi connectivity index (χ4n) is 2.53. The Morgan fingerprint density at radius 2 is 1.95 bits per heavy atom. The smallest absolute Gasteiger partial charge is 0.316 e. The zero-order valence-corrected chi connectivity index (χ0v) is 11.1. The number of carbonyl (C=O) groups is 1. The summed E-state index contributed by atoms with van der Waals surface area (Å²) in [7, 11) is 1.43. The maximum atomic E-state index is 11.8. The van der Waals surface area contributed by atoms with Gasteiger partial charge in [-0.1, -0.05) is 0 Å². The second-order valence-corrected chi connectivity index (χ2v) is 5.08. The second kappa shape index (κ2) is 4.77. The van der Waals surface area contributed by atoms with Gasteiger partial charge in [0.2, 0.25) is 5.95 Å². The number of ether oxygens (including phenoxy) is 1. The lowest BCUT2D eigenvalue weighted by Gasteiger charge is -2.27. The van der Waals surface area contributed by atoms with Crippen molar-refractivity contribution in [1.29, 1.82) is 0 Å². The molecular formula is C13H18N4O2. The summed E-state index contributed by atoms with van der Waals surface area (Å²) < 4.78 is 4.87. The molecule has 1 saturated heterocycles. The van der Waals surface area contributed by atoms with Gasteiger partial charge in [0.1, 0.15) is 0 Å². The number of carbonyl (C=O) groups excluding carboxylic acids is 1. The van der Waals surface area contributed by atoms with Crippen molar-refractivity contribution >= 4 is 11.9 Å². The Labute approximate surface area is 112 Å². The van der Waals surface area contributed by atoms with Crippen LogP contribution in [0.3, 0.4) is 0 Å². The molecule has 102 valence electrons. The molecule has 0 bridgehead atoms. The van der Waals surface area contributed by atoms with Crippen LogP contribution >= 0.6 is 0 Å². The minimum Gasteiger partial charge on any atom is -0.468 e. The molecule has 2 fully saturated rings. The van der Waals surface area contributed by atoms with Crippen LogP contribution in [0.15, 0.2) is 12.4 Å². The molecule has 2 aliphatic rings. The lowest BCUT2D eigenvalue weighted by atomic mass is 10.00. The van der Waals surface area contributed by atoms with Gasteiger partial charge in [-0.25, -0.2) is 9.97 Å². The summed E-state index contributed by atoms with van der Waals surface area (Å²) in [6, 6.07) is 0. The number of nitrogens with one attached hydrogen (secondary N) is 1. The number of aromatic nitrogens is 2. The molecule has 0 aromatic carbocycles. The van der Waals surface area contributed by atoms with Gasteiger partial charge in [0.15, 0.2) is 0 Å². The van der Waals surface area contributed by atoms with Crippen LogP contribution in [-0.2, 0) is 14.9 Å². The lowest BCUT2D eigenvalue weighted by Crippen LogP contribution is -2.44. The summed E-state index contributed by atoms with van der Waals surface area (Å²) in [5, 5.41) is 3.29. The van der Waals surface area contributed by atoms with E-state index in [1.165, 1.54) is 7.11 Å². The van der Waals surface area contributed by atoms with E-state index in [9.17, 15) is 4.79 Å². The summed E-state index contributed by atoms with van der Waals surface area (Å²) >= 11 is 0. The summed E-state index contributed by atoms with van der Waals surface area (Å²) in [4.78, 5) is 22.7. The molecule has 6 nitrogen and oxygen atoms in total. The second-order valence-electron chi connectivity index (χ2n) is 5.08. The van der Waals surface area contributed by atoms with E-state index in [4.69, 9.17) is 4.74 Å². The van der Waals surface area contributed by atoms with Crippen molar-refractivity contribution in [1.82, 2.24) is 15.3 Å². The van der Waals surface area contributed by atoms with Gasteiger partial charge in [-0.05, 0) is 12.8 Å². The van der Waals surface area contributed by atoms with Gasteiger partial charge in [-0.15, -0.1) is 0 Å². The Balaban J connectivity index is 1.77. The molecular weight excluding hydrogens is 244 g/mol. The maximum absolute atomic E-state index is 11.8. The lowest BCUT2D eigenvalue weighted by molar-refractivity contribution is -0.143. The largest absolute Gasteiger partial charge is 0.468 e. The summed E-state index contributed by atoms with van der Waals surface area (Å²) in [5.74, 6) is 0.567. The summed E-state index contributed by atoms with van der Waals surface area (Å²) in [5.41, 5.74) is 0.398. The Kier molecular flexibility index (Phi) is 3.10. The highest BCUT2D eigenvalue weighted by molar-refractivity contribution is 5.86. The molecule has 3 rings (SSSR count). The highest BCUT2D eigenvalue weighted by Crippen LogP contribution is 2.48. The maximum Gasteiger partial charge on any atom is 0.316 e. The zero-order chi connectivity index (χ0) is 13.3. The fraction of sp³-hybridized carbons (Fsp3) is 0.615. The Bertz CT molecular complexity index is 464. The number of hydrogen-bond acceptors (Lipinski definition) is 6. The number of piperazine rings is 1. The van der Waals surface area contributed by atoms with Crippen molar-refractivity contribution in [3.05, 3.63) is 18.0 Å². The van der Waals surface area contributed by atoms with Crippen LogP contribution in [0.4, 0.5) is 5.95 Å². The highest BCUT2D eigenvalue weighted by atomic mass is 16.5. The van der Waals surface area contributed by atoms with Crippen LogP contribution in [0.25, 0.3) is 0 Å². The van der Waals surface area contributed by atoms with Gasteiger partial charge in [0.05, 0.1) is 12.5 Å². The first-order valence-electron chi connectivity index (χ1n) is 6.63. The van der Waals surface area contributed by atoms with Gasteiger partial charge in [-0.3, -0.25) is 4.79 Å². The van der Waals surface area contributed by atoms with Crippen LogP contribution in [0, 0.1) is 0 Å². The van der Waals surface area contributed by atoms with Crippen LogP contribution in [0.5, 0.6) is 0 Å². The van der Waals surface area contributed by atoms with E-state index in [2.05, 4.69) is 20.2 Å². The average molecular weight is 262 g/mol. The molecule has 19 heavy (non-hydrogen) atoms. The van der Waals surface area contributed by atoms with Crippen molar-refractivity contribution in [3.63, 3.8) is 0 Å². The molecule has 0 atom stereocenters. The van der Waals surface area contributed by atoms with E-state index in [0.29, 0.717) is 0 Å². The SMILES string of the molecule is COC(=O)C1(c2cnc(N3CCNCC3)nc2)CC1. The van der Waals surface area contributed by atoms with E-state index >= 15 is 0 Å². The van der Waals surface area contributed by atoms with E-state index in [-0.39, 0.29) is 5.97 Å². The van der Waals surface area contributed by atoms with Crippen molar-refractivity contribution in [2.24, 2.45) is 0 Å². The molecule has 1 aromatic heterocycles. The monoisotopic (exact) mass is 262 g/mol. The molecule has 1 aliphatic heterocycles. The number of anilines is 1. The Morgan fingerprint density at radius 1 is 1.32 bits per heavy atom. The van der Waals surface area contributed by atoms with Crippen molar-refractivity contribution in [2.45, 2.75) is 18.3 Å². The number of esters is 1. The van der Waals surface area contributed by atoms with Gasteiger partial charge in [-0.2, -0.15) is 0 Å². The topological polar surface area (TPSA) is 67.3 Å². The van der Waals surface area contributed by atoms with E-state index in [1.54, 1.807) is 12.4 Å². The quantitative estimate of drug-likeness (QED) is 0.779. The van der Waals surface area contributed by atoms with Crippen molar-refractivity contribution < 1.29 is 9.53 Å². The van der Waals surface area contributed by atoms with Crippen LogP contribution in [-0.4, -0.2) is 49.2 Å². The first-order valence-corrected chi connectivity index (χ1v) is 6.63.